The molecule has 0 radical (unpaired) electrons. The number of hydrogen-bond acceptors (Lipinski definition) is 3. The summed E-state index contributed by atoms with van der Waals surface area (Å²) in [6.07, 6.45) is 4.43. The molecule has 0 saturated heterocycles. The number of hydrogen-bond donors (Lipinski definition) is 2. The predicted octanol–water partition coefficient (Wildman–Crippen LogP) is 3.58. The zero-order valence-corrected chi connectivity index (χ0v) is 11.3. The molecule has 4 heteroatoms. The van der Waals surface area contributed by atoms with E-state index in [2.05, 4.69) is 10.7 Å². The summed E-state index contributed by atoms with van der Waals surface area (Å²) in [7, 11) is 0. The van der Waals surface area contributed by atoms with Crippen molar-refractivity contribution in [1.82, 2.24) is 0 Å². The molecule has 1 aromatic carbocycles. The fourth-order valence-electron chi connectivity index (χ4n) is 2.47. The van der Waals surface area contributed by atoms with Gasteiger partial charge in [-0.3, -0.25) is 4.79 Å². The van der Waals surface area contributed by atoms with E-state index in [-0.39, 0.29) is 11.7 Å². The number of nitrogens with one attached hydrogen (secondary N) is 1. The molecule has 2 aromatic rings. The van der Waals surface area contributed by atoms with Gasteiger partial charge < -0.3 is 10.4 Å². The van der Waals surface area contributed by atoms with Gasteiger partial charge in [0.2, 0.25) is 0 Å². The van der Waals surface area contributed by atoms with E-state index in [9.17, 15) is 9.90 Å². The first-order chi connectivity index (χ1) is 9.25. The Morgan fingerprint density at radius 2 is 2.00 bits per heavy atom. The predicted molar refractivity (Wildman–Crippen MR) is 77.0 cm³/mol. The summed E-state index contributed by atoms with van der Waals surface area (Å²) in [5.74, 6) is -0.0177. The zero-order chi connectivity index (χ0) is 13.2. The Kier molecular flexibility index (Phi) is 3.25. The Hall–Kier alpha value is -1.81. The summed E-state index contributed by atoms with van der Waals surface area (Å²) in [6, 6.07) is 6.80. The topological polar surface area (TPSA) is 49.3 Å². The standard InChI is InChI=1S/C15H15NO2S/c17-13-8-4-3-7-12(13)16-15(18)14-11-6-2-1-5-10(11)9-19-14/h3-4,7-9,17H,1-2,5-6H2,(H,16,18). The number of anilines is 1. The van der Waals surface area contributed by atoms with Crippen molar-refractivity contribution in [3.05, 3.63) is 45.6 Å². The molecule has 0 saturated carbocycles. The number of rotatable bonds is 2. The first-order valence-electron chi connectivity index (χ1n) is 6.44. The van der Waals surface area contributed by atoms with Gasteiger partial charge in [0.25, 0.3) is 5.91 Å². The molecule has 1 aromatic heterocycles. The van der Waals surface area contributed by atoms with Gasteiger partial charge in [-0.25, -0.2) is 0 Å². The van der Waals surface area contributed by atoms with Crippen LogP contribution in [-0.2, 0) is 12.8 Å². The summed E-state index contributed by atoms with van der Waals surface area (Å²) in [5.41, 5.74) is 2.98. The number of thiophene rings is 1. The molecule has 2 N–H and O–H groups in total. The molecule has 0 aliphatic heterocycles. The quantitative estimate of drug-likeness (QED) is 0.822. The average Bonchev–Trinajstić information content (AvgIpc) is 2.85. The molecule has 0 atom stereocenters. The van der Waals surface area contributed by atoms with E-state index < -0.39 is 0 Å². The Morgan fingerprint density at radius 3 is 2.84 bits per heavy atom. The van der Waals surface area contributed by atoms with Crippen LogP contribution in [0.15, 0.2) is 29.6 Å². The molecule has 0 spiro atoms. The third-order valence-electron chi connectivity index (χ3n) is 3.46. The average molecular weight is 273 g/mol. The molecule has 0 unspecified atom stereocenters. The maximum Gasteiger partial charge on any atom is 0.266 e. The highest BCUT2D eigenvalue weighted by Crippen LogP contribution is 2.31. The highest BCUT2D eigenvalue weighted by atomic mass is 32.1. The number of fused-ring (bicyclic) bond motifs is 1. The summed E-state index contributed by atoms with van der Waals surface area (Å²) in [4.78, 5) is 13.1. The SMILES string of the molecule is O=C(Nc1ccccc1O)c1scc2c1CCCC2. The highest BCUT2D eigenvalue weighted by molar-refractivity contribution is 7.12. The van der Waals surface area contributed by atoms with E-state index in [0.29, 0.717) is 5.69 Å². The van der Waals surface area contributed by atoms with Gasteiger partial charge in [-0.15, -0.1) is 11.3 Å². The number of para-hydroxylation sites is 2. The van der Waals surface area contributed by atoms with Crippen LogP contribution in [0.3, 0.4) is 0 Å². The van der Waals surface area contributed by atoms with Crippen LogP contribution >= 0.6 is 11.3 Å². The van der Waals surface area contributed by atoms with Crippen LogP contribution in [0.2, 0.25) is 0 Å². The molecular formula is C15H15NO2S. The van der Waals surface area contributed by atoms with Crippen molar-refractivity contribution in [2.45, 2.75) is 25.7 Å². The van der Waals surface area contributed by atoms with Gasteiger partial charge in [-0.05, 0) is 54.3 Å². The molecule has 1 amide bonds. The second-order valence-corrected chi connectivity index (χ2v) is 5.63. The van der Waals surface area contributed by atoms with E-state index in [1.54, 1.807) is 24.3 Å². The van der Waals surface area contributed by atoms with Crippen molar-refractivity contribution in [3.8, 4) is 5.75 Å². The van der Waals surface area contributed by atoms with Crippen molar-refractivity contribution in [2.75, 3.05) is 5.32 Å². The van der Waals surface area contributed by atoms with Crippen LogP contribution in [0.5, 0.6) is 5.75 Å². The first-order valence-corrected chi connectivity index (χ1v) is 7.32. The van der Waals surface area contributed by atoms with Crippen LogP contribution in [0.4, 0.5) is 5.69 Å². The number of aromatic hydroxyl groups is 1. The minimum Gasteiger partial charge on any atom is -0.506 e. The van der Waals surface area contributed by atoms with Crippen LogP contribution in [0.1, 0.15) is 33.6 Å². The van der Waals surface area contributed by atoms with Gasteiger partial charge in [0.05, 0.1) is 10.6 Å². The van der Waals surface area contributed by atoms with Crippen molar-refractivity contribution in [2.24, 2.45) is 0 Å². The van der Waals surface area contributed by atoms with Crippen molar-refractivity contribution >= 4 is 22.9 Å². The summed E-state index contributed by atoms with van der Waals surface area (Å²) >= 11 is 1.50. The number of aryl methyl sites for hydroxylation is 1. The maximum atomic E-state index is 12.3. The van der Waals surface area contributed by atoms with Crippen LogP contribution in [0, 0.1) is 0 Å². The molecule has 0 fully saturated rings. The number of amides is 1. The van der Waals surface area contributed by atoms with E-state index in [0.717, 1.165) is 24.1 Å². The molecule has 0 bridgehead atoms. The molecule has 3 rings (SSSR count). The van der Waals surface area contributed by atoms with E-state index in [1.165, 1.54) is 28.9 Å². The molecule has 1 aliphatic rings. The van der Waals surface area contributed by atoms with Gasteiger partial charge in [-0.1, -0.05) is 12.1 Å². The smallest absolute Gasteiger partial charge is 0.266 e. The Balaban J connectivity index is 1.85. The van der Waals surface area contributed by atoms with Crippen LogP contribution in [-0.4, -0.2) is 11.0 Å². The van der Waals surface area contributed by atoms with Crippen molar-refractivity contribution in [3.63, 3.8) is 0 Å². The van der Waals surface area contributed by atoms with E-state index in [4.69, 9.17) is 0 Å². The van der Waals surface area contributed by atoms with Gasteiger partial charge >= 0.3 is 0 Å². The molecule has 3 nitrogen and oxygen atoms in total. The summed E-state index contributed by atoms with van der Waals surface area (Å²) in [5, 5.41) is 14.6. The van der Waals surface area contributed by atoms with Gasteiger partial charge in [0.15, 0.2) is 0 Å². The lowest BCUT2D eigenvalue weighted by atomic mass is 9.94. The Bertz CT molecular complexity index is 618. The minimum absolute atomic E-state index is 0.0984. The molecule has 1 heterocycles. The second-order valence-electron chi connectivity index (χ2n) is 4.75. The fourth-order valence-corrected chi connectivity index (χ4v) is 3.52. The third kappa shape index (κ3) is 2.36. The number of carbonyl (C=O) groups excluding carboxylic acids is 1. The Labute approximate surface area is 115 Å². The summed E-state index contributed by atoms with van der Waals surface area (Å²) < 4.78 is 0. The zero-order valence-electron chi connectivity index (χ0n) is 10.5. The van der Waals surface area contributed by atoms with Gasteiger partial charge in [-0.2, -0.15) is 0 Å². The lowest BCUT2D eigenvalue weighted by Crippen LogP contribution is -2.13. The van der Waals surface area contributed by atoms with Gasteiger partial charge in [0.1, 0.15) is 5.75 Å². The lowest BCUT2D eigenvalue weighted by molar-refractivity contribution is 0.102. The number of carbonyl (C=O) groups is 1. The Morgan fingerprint density at radius 1 is 1.21 bits per heavy atom. The first kappa shape index (κ1) is 12.2. The van der Waals surface area contributed by atoms with Crippen LogP contribution in [0.25, 0.3) is 0 Å². The molecule has 1 aliphatic carbocycles. The molecule has 98 valence electrons. The minimum atomic E-state index is -0.116. The fraction of sp³-hybridized carbons (Fsp3) is 0.267. The van der Waals surface area contributed by atoms with Crippen LogP contribution < -0.4 is 5.32 Å². The lowest BCUT2D eigenvalue weighted by Gasteiger charge is -2.13. The summed E-state index contributed by atoms with van der Waals surface area (Å²) in [6.45, 7) is 0. The largest absolute Gasteiger partial charge is 0.506 e. The highest BCUT2D eigenvalue weighted by Gasteiger charge is 2.20. The van der Waals surface area contributed by atoms with Crippen molar-refractivity contribution < 1.29 is 9.90 Å². The second kappa shape index (κ2) is 5.05. The number of phenolic OH excluding ortho intramolecular Hbond substituents is 1. The van der Waals surface area contributed by atoms with E-state index >= 15 is 0 Å². The third-order valence-corrected chi connectivity index (χ3v) is 4.53. The van der Waals surface area contributed by atoms with Gasteiger partial charge in [0, 0.05) is 0 Å². The number of phenols is 1. The molecular weight excluding hydrogens is 258 g/mol. The van der Waals surface area contributed by atoms with E-state index in [1.807, 2.05) is 0 Å². The number of benzene rings is 1. The monoisotopic (exact) mass is 273 g/mol. The van der Waals surface area contributed by atoms with Crippen molar-refractivity contribution in [1.29, 1.82) is 0 Å². The normalized spacial score (nSPS) is 13.9. The maximum absolute atomic E-state index is 12.3. The molecule has 19 heavy (non-hydrogen) atoms.